The van der Waals surface area contributed by atoms with Crippen LogP contribution in [-0.4, -0.2) is 9.97 Å². The highest BCUT2D eigenvalue weighted by Gasteiger charge is 1.94. The number of imidazole rings is 1. The molecule has 0 aliphatic heterocycles. The van der Waals surface area contributed by atoms with Crippen LogP contribution in [0.25, 0.3) is 11.0 Å². The van der Waals surface area contributed by atoms with E-state index in [0.29, 0.717) is 0 Å². The second kappa shape index (κ2) is 4.22. The van der Waals surface area contributed by atoms with Gasteiger partial charge in [-0.25, -0.2) is 4.98 Å². The number of aromatic nitrogens is 2. The first-order valence-electron chi connectivity index (χ1n) is 4.06. The van der Waals surface area contributed by atoms with Gasteiger partial charge < -0.3 is 4.98 Å². The normalized spacial score (nSPS) is 9.25. The summed E-state index contributed by atoms with van der Waals surface area (Å²) in [6, 6.07) is 7.97. The molecule has 2 rings (SSSR count). The third-order valence-corrected chi connectivity index (χ3v) is 1.68. The van der Waals surface area contributed by atoms with Crippen molar-refractivity contribution in [3.8, 4) is 0 Å². The maximum Gasteiger partial charge on any atom is 0.123 e. The summed E-state index contributed by atoms with van der Waals surface area (Å²) in [5.41, 5.74) is 3.00. The lowest BCUT2D eigenvalue weighted by atomic mass is 10.3. The molecule has 1 aromatic carbocycles. The molecule has 0 aliphatic carbocycles. The summed E-state index contributed by atoms with van der Waals surface area (Å²) in [4.78, 5) is 7.33. The molecule has 0 amide bonds. The van der Waals surface area contributed by atoms with Crippen molar-refractivity contribution in [1.29, 1.82) is 0 Å². The van der Waals surface area contributed by atoms with Gasteiger partial charge >= 0.3 is 0 Å². The molecule has 1 unspecified atom stereocenters. The Morgan fingerprint density at radius 3 is 2.67 bits per heavy atom. The Balaban J connectivity index is 0.000000451. The van der Waals surface area contributed by atoms with E-state index in [1.54, 1.807) is 0 Å². The molecule has 1 atom stereocenters. The molecule has 0 saturated carbocycles. The first-order valence-corrected chi connectivity index (χ1v) is 4.64. The lowest BCUT2D eigenvalue weighted by Crippen LogP contribution is -1.91. The number of hydrogen-bond acceptors (Lipinski definition) is 1. The maximum atomic E-state index is 4.22. The van der Waals surface area contributed by atoms with E-state index in [-0.39, 0.29) is 1.43 Å². The van der Waals surface area contributed by atoms with Gasteiger partial charge in [0.1, 0.15) is 5.57 Å². The summed E-state index contributed by atoms with van der Waals surface area (Å²) in [6.07, 6.45) is 0. The minimum atomic E-state index is 0. The summed E-state index contributed by atoms with van der Waals surface area (Å²) < 4.78 is 0. The Kier molecular flexibility index (Phi) is 3.24. The number of H-pyrrole nitrogens is 1. The SMILES string of the molecule is CC.Pc1nc2ccccc2[nH]1.[HH]. The molecular formula is C9H15N2P. The van der Waals surface area contributed by atoms with Gasteiger partial charge in [0, 0.05) is 1.43 Å². The van der Waals surface area contributed by atoms with Crippen molar-refractivity contribution in [2.24, 2.45) is 0 Å². The molecule has 0 saturated heterocycles. The fourth-order valence-electron chi connectivity index (χ4n) is 0.973. The molecule has 2 nitrogen and oxygen atoms in total. The Hall–Kier alpha value is -0.880. The number of rotatable bonds is 0. The zero-order chi connectivity index (χ0) is 8.97. The molecule has 1 heterocycles. The number of nitrogens with one attached hydrogen (secondary N) is 1. The van der Waals surface area contributed by atoms with Gasteiger partial charge in [-0.15, -0.1) is 0 Å². The molecule has 3 heteroatoms. The standard InChI is InChI=1S/C7H7N2P.C2H6.H2/c10-7-8-5-3-1-2-4-6(5)9-7;1-2;/h1-4H,10H2,(H,8,9);1-2H3;1H. The molecule has 2 aromatic rings. The highest BCUT2D eigenvalue weighted by molar-refractivity contribution is 7.26. The Bertz CT molecular complexity index is 326. The fourth-order valence-corrected chi connectivity index (χ4v) is 1.27. The van der Waals surface area contributed by atoms with E-state index >= 15 is 0 Å². The molecule has 0 spiro atoms. The van der Waals surface area contributed by atoms with E-state index in [4.69, 9.17) is 0 Å². The predicted octanol–water partition coefficient (Wildman–Crippen LogP) is 2.34. The Labute approximate surface area is 76.1 Å². The largest absolute Gasteiger partial charge is 0.339 e. The van der Waals surface area contributed by atoms with E-state index < -0.39 is 0 Å². The van der Waals surface area contributed by atoms with Crippen molar-refractivity contribution in [3.05, 3.63) is 24.3 Å². The summed E-state index contributed by atoms with van der Waals surface area (Å²) in [7, 11) is 2.54. The average molecular weight is 182 g/mol. The molecular weight excluding hydrogens is 167 g/mol. The Morgan fingerprint density at radius 1 is 1.33 bits per heavy atom. The van der Waals surface area contributed by atoms with Crippen molar-refractivity contribution in [2.75, 3.05) is 0 Å². The molecule has 0 aliphatic rings. The van der Waals surface area contributed by atoms with Gasteiger partial charge in [-0.2, -0.15) is 0 Å². The van der Waals surface area contributed by atoms with Crippen molar-refractivity contribution >= 4 is 25.8 Å². The lowest BCUT2D eigenvalue weighted by Gasteiger charge is -1.81. The topological polar surface area (TPSA) is 28.7 Å². The molecule has 66 valence electrons. The monoisotopic (exact) mass is 182 g/mol. The second-order valence-corrected chi connectivity index (χ2v) is 2.69. The van der Waals surface area contributed by atoms with Crippen LogP contribution in [0.3, 0.4) is 0 Å². The van der Waals surface area contributed by atoms with Gasteiger partial charge in [-0.1, -0.05) is 35.2 Å². The number of para-hydroxylation sites is 2. The summed E-state index contributed by atoms with van der Waals surface area (Å²) >= 11 is 0. The van der Waals surface area contributed by atoms with E-state index in [1.165, 1.54) is 0 Å². The molecule has 0 bridgehead atoms. The third kappa shape index (κ3) is 1.83. The van der Waals surface area contributed by atoms with Gasteiger partial charge in [0.05, 0.1) is 11.0 Å². The van der Waals surface area contributed by atoms with Crippen LogP contribution in [-0.2, 0) is 0 Å². The van der Waals surface area contributed by atoms with E-state index in [0.717, 1.165) is 16.6 Å². The first-order chi connectivity index (χ1) is 5.86. The van der Waals surface area contributed by atoms with E-state index in [1.807, 2.05) is 38.1 Å². The molecule has 12 heavy (non-hydrogen) atoms. The summed E-state index contributed by atoms with van der Waals surface area (Å²) in [5.74, 6) is 0. The zero-order valence-corrected chi connectivity index (χ0v) is 8.49. The van der Waals surface area contributed by atoms with Gasteiger partial charge in [0.25, 0.3) is 0 Å². The minimum absolute atomic E-state index is 0. The van der Waals surface area contributed by atoms with Crippen LogP contribution in [0.5, 0.6) is 0 Å². The van der Waals surface area contributed by atoms with Crippen molar-refractivity contribution < 1.29 is 1.43 Å². The number of hydrogen-bond donors (Lipinski definition) is 1. The van der Waals surface area contributed by atoms with Crippen LogP contribution in [0.15, 0.2) is 24.3 Å². The number of fused-ring (bicyclic) bond motifs is 1. The highest BCUT2D eigenvalue weighted by Crippen LogP contribution is 2.06. The van der Waals surface area contributed by atoms with Gasteiger partial charge in [0.15, 0.2) is 0 Å². The smallest absolute Gasteiger partial charge is 0.123 e. The Morgan fingerprint density at radius 2 is 2.00 bits per heavy atom. The van der Waals surface area contributed by atoms with Gasteiger partial charge in [-0.3, -0.25) is 0 Å². The van der Waals surface area contributed by atoms with Crippen molar-refractivity contribution in [3.63, 3.8) is 0 Å². The molecule has 1 N–H and O–H groups in total. The van der Waals surface area contributed by atoms with Crippen LogP contribution in [0.1, 0.15) is 15.3 Å². The van der Waals surface area contributed by atoms with E-state index in [2.05, 4.69) is 19.2 Å². The van der Waals surface area contributed by atoms with Gasteiger partial charge in [0.2, 0.25) is 0 Å². The van der Waals surface area contributed by atoms with Crippen molar-refractivity contribution in [2.45, 2.75) is 13.8 Å². The number of benzene rings is 1. The quantitative estimate of drug-likeness (QED) is 0.622. The molecule has 0 radical (unpaired) electrons. The third-order valence-electron chi connectivity index (χ3n) is 1.41. The molecule has 1 aromatic heterocycles. The number of aromatic amines is 1. The zero-order valence-electron chi connectivity index (χ0n) is 7.33. The minimum Gasteiger partial charge on any atom is -0.339 e. The molecule has 0 fully saturated rings. The van der Waals surface area contributed by atoms with Crippen LogP contribution in [0, 0.1) is 0 Å². The van der Waals surface area contributed by atoms with Crippen LogP contribution in [0.4, 0.5) is 0 Å². The first kappa shape index (κ1) is 9.21. The maximum absolute atomic E-state index is 4.22. The lowest BCUT2D eigenvalue weighted by molar-refractivity contribution is 1.45. The number of nitrogens with zero attached hydrogens (tertiary/aromatic N) is 1. The predicted molar refractivity (Wildman–Crippen MR) is 58.9 cm³/mol. The second-order valence-electron chi connectivity index (χ2n) is 2.14. The average Bonchev–Trinajstić information content (AvgIpc) is 2.48. The van der Waals surface area contributed by atoms with Gasteiger partial charge in [-0.05, 0) is 12.1 Å². The van der Waals surface area contributed by atoms with Crippen LogP contribution < -0.4 is 5.57 Å². The van der Waals surface area contributed by atoms with Crippen LogP contribution >= 0.6 is 9.24 Å². The summed E-state index contributed by atoms with van der Waals surface area (Å²) in [5, 5.41) is 0. The highest BCUT2D eigenvalue weighted by atomic mass is 31.0. The van der Waals surface area contributed by atoms with Crippen LogP contribution in [0.2, 0.25) is 0 Å². The van der Waals surface area contributed by atoms with E-state index in [9.17, 15) is 0 Å². The fraction of sp³-hybridized carbons (Fsp3) is 0.222. The van der Waals surface area contributed by atoms with Crippen molar-refractivity contribution in [1.82, 2.24) is 9.97 Å². The summed E-state index contributed by atoms with van der Waals surface area (Å²) in [6.45, 7) is 4.00.